The van der Waals surface area contributed by atoms with Crippen molar-refractivity contribution in [2.75, 3.05) is 19.0 Å². The third kappa shape index (κ3) is 3.67. The fraction of sp³-hybridized carbons (Fsp3) is 0.562. The third-order valence-electron chi connectivity index (χ3n) is 3.59. The molecule has 1 fully saturated rings. The minimum Gasteiger partial charge on any atom is -0.497 e. The van der Waals surface area contributed by atoms with E-state index in [2.05, 4.69) is 5.32 Å². The van der Waals surface area contributed by atoms with Gasteiger partial charge in [-0.15, -0.1) is 0 Å². The van der Waals surface area contributed by atoms with Gasteiger partial charge in [0, 0.05) is 11.1 Å². The average Bonchev–Trinajstić information content (AvgIpc) is 3.18. The first kappa shape index (κ1) is 15.6. The molecule has 1 aliphatic rings. The molecule has 5 nitrogen and oxygen atoms in total. The van der Waals surface area contributed by atoms with Gasteiger partial charge in [-0.25, -0.2) is 4.79 Å². The standard InChI is InChI=1S/C16H23NO4/c1-15(2,3)21-14(19)17-13-6-5-11(20-4)9-12(13)16(10-18)7-8-16/h5-6,9,18H,7-8,10H2,1-4H3,(H,17,19). The smallest absolute Gasteiger partial charge is 0.412 e. The summed E-state index contributed by atoms with van der Waals surface area (Å²) >= 11 is 0. The molecule has 5 heteroatoms. The first-order valence-electron chi connectivity index (χ1n) is 7.09. The van der Waals surface area contributed by atoms with E-state index in [1.807, 2.05) is 26.8 Å². The van der Waals surface area contributed by atoms with Crippen LogP contribution in [0.1, 0.15) is 39.2 Å². The molecule has 1 amide bonds. The second-order valence-corrected chi connectivity index (χ2v) is 6.48. The van der Waals surface area contributed by atoms with Crippen molar-refractivity contribution in [3.05, 3.63) is 23.8 Å². The summed E-state index contributed by atoms with van der Waals surface area (Å²) in [5.74, 6) is 0.708. The maximum absolute atomic E-state index is 11.9. The lowest BCUT2D eigenvalue weighted by atomic mass is 9.94. The van der Waals surface area contributed by atoms with Crippen LogP contribution >= 0.6 is 0 Å². The van der Waals surface area contributed by atoms with Crippen molar-refractivity contribution >= 4 is 11.8 Å². The van der Waals surface area contributed by atoms with Crippen molar-refractivity contribution in [3.8, 4) is 5.75 Å². The second kappa shape index (κ2) is 5.56. The minimum absolute atomic E-state index is 0.0587. The van der Waals surface area contributed by atoms with Gasteiger partial charge in [-0.2, -0.15) is 0 Å². The molecule has 0 saturated heterocycles. The van der Waals surface area contributed by atoms with E-state index in [-0.39, 0.29) is 12.0 Å². The van der Waals surface area contributed by atoms with Gasteiger partial charge in [0.1, 0.15) is 11.4 Å². The van der Waals surface area contributed by atoms with Crippen molar-refractivity contribution in [2.24, 2.45) is 0 Å². The number of aliphatic hydroxyl groups excluding tert-OH is 1. The number of aliphatic hydroxyl groups is 1. The zero-order valence-corrected chi connectivity index (χ0v) is 13.0. The normalized spacial score (nSPS) is 16.2. The zero-order valence-electron chi connectivity index (χ0n) is 13.0. The van der Waals surface area contributed by atoms with Crippen LogP contribution in [0.4, 0.5) is 10.5 Å². The molecule has 21 heavy (non-hydrogen) atoms. The summed E-state index contributed by atoms with van der Waals surface area (Å²) < 4.78 is 10.5. The first-order valence-corrected chi connectivity index (χ1v) is 7.09. The van der Waals surface area contributed by atoms with Crippen molar-refractivity contribution in [1.82, 2.24) is 0 Å². The molecule has 0 spiro atoms. The summed E-state index contributed by atoms with van der Waals surface area (Å²) in [5, 5.41) is 12.4. The topological polar surface area (TPSA) is 67.8 Å². The van der Waals surface area contributed by atoms with Crippen molar-refractivity contribution in [3.63, 3.8) is 0 Å². The molecule has 0 unspecified atom stereocenters. The Hall–Kier alpha value is -1.75. The maximum atomic E-state index is 11.9. The molecule has 2 rings (SSSR count). The fourth-order valence-electron chi connectivity index (χ4n) is 2.28. The highest BCUT2D eigenvalue weighted by Gasteiger charge is 2.45. The van der Waals surface area contributed by atoms with Gasteiger partial charge in [-0.3, -0.25) is 5.32 Å². The van der Waals surface area contributed by atoms with Crippen molar-refractivity contribution in [1.29, 1.82) is 0 Å². The predicted molar refractivity (Wildman–Crippen MR) is 80.8 cm³/mol. The highest BCUT2D eigenvalue weighted by molar-refractivity contribution is 5.86. The van der Waals surface area contributed by atoms with E-state index >= 15 is 0 Å². The Morgan fingerprint density at radius 3 is 2.52 bits per heavy atom. The van der Waals surface area contributed by atoms with Crippen LogP contribution in [0.2, 0.25) is 0 Å². The van der Waals surface area contributed by atoms with Crippen LogP contribution < -0.4 is 10.1 Å². The van der Waals surface area contributed by atoms with Gasteiger partial charge in [0.15, 0.2) is 0 Å². The Bertz CT molecular complexity index is 530. The van der Waals surface area contributed by atoms with Crippen LogP contribution in [0.25, 0.3) is 0 Å². The minimum atomic E-state index is -0.551. The average molecular weight is 293 g/mol. The van der Waals surface area contributed by atoms with Gasteiger partial charge in [0.2, 0.25) is 0 Å². The van der Waals surface area contributed by atoms with Crippen LogP contribution in [-0.2, 0) is 10.2 Å². The zero-order chi connectivity index (χ0) is 15.7. The molecule has 1 aliphatic carbocycles. The molecule has 1 saturated carbocycles. The molecule has 0 atom stereocenters. The molecule has 1 aromatic carbocycles. The second-order valence-electron chi connectivity index (χ2n) is 6.48. The Labute approximate surface area is 125 Å². The quantitative estimate of drug-likeness (QED) is 0.895. The molecule has 0 aromatic heterocycles. The number of ether oxygens (including phenoxy) is 2. The number of hydrogen-bond acceptors (Lipinski definition) is 4. The van der Waals surface area contributed by atoms with Crippen LogP contribution in [-0.4, -0.2) is 30.5 Å². The molecular weight excluding hydrogens is 270 g/mol. The molecule has 2 N–H and O–H groups in total. The molecule has 0 heterocycles. The SMILES string of the molecule is COc1ccc(NC(=O)OC(C)(C)C)c(C2(CO)CC2)c1. The predicted octanol–water partition coefficient (Wildman–Crippen LogP) is 3.07. The lowest BCUT2D eigenvalue weighted by molar-refractivity contribution is 0.0635. The van der Waals surface area contributed by atoms with Crippen LogP contribution in [0, 0.1) is 0 Å². The number of methoxy groups -OCH3 is 1. The number of amides is 1. The highest BCUT2D eigenvalue weighted by Crippen LogP contribution is 2.51. The Kier molecular flexibility index (Phi) is 4.14. The number of carbonyl (C=O) groups excluding carboxylic acids is 1. The van der Waals surface area contributed by atoms with E-state index in [0.29, 0.717) is 11.4 Å². The van der Waals surface area contributed by atoms with E-state index < -0.39 is 11.7 Å². The van der Waals surface area contributed by atoms with Gasteiger partial charge in [-0.1, -0.05) is 0 Å². The lowest BCUT2D eigenvalue weighted by Gasteiger charge is -2.22. The Morgan fingerprint density at radius 2 is 2.05 bits per heavy atom. The summed E-state index contributed by atoms with van der Waals surface area (Å²) in [7, 11) is 1.60. The van der Waals surface area contributed by atoms with Crippen LogP contribution in [0.15, 0.2) is 18.2 Å². The number of anilines is 1. The first-order chi connectivity index (χ1) is 9.79. The number of hydrogen-bond donors (Lipinski definition) is 2. The summed E-state index contributed by atoms with van der Waals surface area (Å²) in [6, 6.07) is 5.44. The number of benzene rings is 1. The summed E-state index contributed by atoms with van der Waals surface area (Å²) in [5.41, 5.74) is 0.746. The molecule has 0 aliphatic heterocycles. The van der Waals surface area contributed by atoms with Crippen molar-refractivity contribution < 1.29 is 19.4 Å². The largest absolute Gasteiger partial charge is 0.497 e. The molecule has 0 bridgehead atoms. The van der Waals surface area contributed by atoms with Crippen molar-refractivity contribution in [2.45, 2.75) is 44.6 Å². The van der Waals surface area contributed by atoms with Crippen LogP contribution in [0.3, 0.4) is 0 Å². The van der Waals surface area contributed by atoms with Crippen LogP contribution in [0.5, 0.6) is 5.75 Å². The number of rotatable bonds is 4. The Morgan fingerprint density at radius 1 is 1.38 bits per heavy atom. The van der Waals surface area contributed by atoms with E-state index in [9.17, 15) is 9.90 Å². The summed E-state index contributed by atoms with van der Waals surface area (Å²) in [4.78, 5) is 11.9. The third-order valence-corrected chi connectivity index (χ3v) is 3.59. The van der Waals surface area contributed by atoms with E-state index in [0.717, 1.165) is 18.4 Å². The van der Waals surface area contributed by atoms with Gasteiger partial charge in [0.05, 0.1) is 13.7 Å². The van der Waals surface area contributed by atoms with E-state index in [1.54, 1.807) is 19.2 Å². The highest BCUT2D eigenvalue weighted by atomic mass is 16.6. The van der Waals surface area contributed by atoms with Gasteiger partial charge < -0.3 is 14.6 Å². The van der Waals surface area contributed by atoms with E-state index in [4.69, 9.17) is 9.47 Å². The maximum Gasteiger partial charge on any atom is 0.412 e. The molecule has 1 aromatic rings. The summed E-state index contributed by atoms with van der Waals surface area (Å²) in [6.45, 7) is 5.51. The molecular formula is C16H23NO4. The molecule has 0 radical (unpaired) electrons. The Balaban J connectivity index is 2.25. The number of carbonyl (C=O) groups is 1. The fourth-order valence-corrected chi connectivity index (χ4v) is 2.28. The molecule has 116 valence electrons. The van der Waals surface area contributed by atoms with Gasteiger partial charge in [-0.05, 0) is 57.4 Å². The van der Waals surface area contributed by atoms with E-state index in [1.165, 1.54) is 0 Å². The monoisotopic (exact) mass is 293 g/mol. The lowest BCUT2D eigenvalue weighted by Crippen LogP contribution is -2.28. The van der Waals surface area contributed by atoms with Gasteiger partial charge >= 0.3 is 6.09 Å². The van der Waals surface area contributed by atoms with Gasteiger partial charge in [0.25, 0.3) is 0 Å². The number of nitrogens with one attached hydrogen (secondary N) is 1. The summed E-state index contributed by atoms with van der Waals surface area (Å²) in [6.07, 6.45) is 1.31.